The summed E-state index contributed by atoms with van der Waals surface area (Å²) in [4.78, 5) is 19.6. The van der Waals surface area contributed by atoms with E-state index in [1.807, 2.05) is 6.07 Å². The van der Waals surface area contributed by atoms with Crippen molar-refractivity contribution in [2.75, 3.05) is 7.11 Å². The first-order chi connectivity index (χ1) is 12.1. The largest absolute Gasteiger partial charge is 0.494 e. The van der Waals surface area contributed by atoms with E-state index in [1.54, 1.807) is 29.0 Å². The molecule has 1 aliphatic rings. The predicted molar refractivity (Wildman–Crippen MR) is 99.4 cm³/mol. The third-order valence-corrected chi connectivity index (χ3v) is 6.78. The first-order valence-electron chi connectivity index (χ1n) is 8.05. The van der Waals surface area contributed by atoms with E-state index in [2.05, 4.69) is 0 Å². The number of methoxy groups -OCH3 is 1. The first kappa shape index (κ1) is 16.6. The Morgan fingerprint density at radius 1 is 1.40 bits per heavy atom. The smallest absolute Gasteiger partial charge is 0.262 e. The van der Waals surface area contributed by atoms with Crippen molar-refractivity contribution in [2.24, 2.45) is 7.05 Å². The number of aromatic nitrogens is 2. The lowest BCUT2D eigenvalue weighted by Crippen LogP contribution is -2.20. The number of thiophene rings is 1. The molecule has 2 heterocycles. The van der Waals surface area contributed by atoms with Crippen molar-refractivity contribution in [3.8, 4) is 5.75 Å². The van der Waals surface area contributed by atoms with Crippen molar-refractivity contribution in [3.63, 3.8) is 0 Å². The number of halogens is 1. The number of aryl methyl sites for hydroxylation is 2. The Balaban J connectivity index is 1.65. The molecule has 25 heavy (non-hydrogen) atoms. The van der Waals surface area contributed by atoms with E-state index in [1.165, 1.54) is 35.4 Å². The van der Waals surface area contributed by atoms with Gasteiger partial charge in [0.25, 0.3) is 5.56 Å². The quantitative estimate of drug-likeness (QED) is 0.511. The Kier molecular flexibility index (Phi) is 4.29. The van der Waals surface area contributed by atoms with E-state index in [-0.39, 0.29) is 17.1 Å². The fraction of sp³-hybridized carbons (Fsp3) is 0.333. The van der Waals surface area contributed by atoms with Gasteiger partial charge in [-0.25, -0.2) is 9.37 Å². The Morgan fingerprint density at radius 2 is 2.24 bits per heavy atom. The van der Waals surface area contributed by atoms with Crippen molar-refractivity contribution in [3.05, 3.63) is 50.4 Å². The van der Waals surface area contributed by atoms with Crippen LogP contribution in [0.4, 0.5) is 4.39 Å². The Hall–Kier alpha value is -1.86. The van der Waals surface area contributed by atoms with Crippen LogP contribution in [-0.4, -0.2) is 16.7 Å². The number of hydrogen-bond donors (Lipinski definition) is 0. The minimum Gasteiger partial charge on any atom is -0.494 e. The predicted octanol–water partition coefficient (Wildman–Crippen LogP) is 3.92. The molecule has 0 radical (unpaired) electrons. The monoisotopic (exact) mass is 376 g/mol. The molecule has 4 nitrogen and oxygen atoms in total. The standard InChI is InChI=1S/C18H17FN2O2S2/c1-21-17(22)15-11-4-3-5-14(11)25-16(15)20-18(21)24-9-10-6-7-13(23-2)12(19)8-10/h6-8H,3-5,9H2,1-2H3. The highest BCUT2D eigenvalue weighted by Gasteiger charge is 2.22. The summed E-state index contributed by atoms with van der Waals surface area (Å²) in [5.74, 6) is 0.388. The van der Waals surface area contributed by atoms with Gasteiger partial charge in [0.15, 0.2) is 16.7 Å². The Bertz CT molecular complexity index is 1030. The molecule has 0 fully saturated rings. The Labute approximate surface area is 152 Å². The molecular formula is C18H17FN2O2S2. The summed E-state index contributed by atoms with van der Waals surface area (Å²) >= 11 is 3.08. The zero-order valence-corrected chi connectivity index (χ0v) is 15.6. The normalized spacial score (nSPS) is 13.4. The van der Waals surface area contributed by atoms with Crippen molar-refractivity contribution in [2.45, 2.75) is 30.2 Å². The van der Waals surface area contributed by atoms with Gasteiger partial charge in [-0.3, -0.25) is 9.36 Å². The Morgan fingerprint density at radius 3 is 3.00 bits per heavy atom. The molecule has 0 aliphatic heterocycles. The van der Waals surface area contributed by atoms with Gasteiger partial charge in [-0.2, -0.15) is 0 Å². The molecule has 0 saturated heterocycles. The summed E-state index contributed by atoms with van der Waals surface area (Å²) in [5, 5.41) is 1.45. The lowest BCUT2D eigenvalue weighted by atomic mass is 10.2. The van der Waals surface area contributed by atoms with Crippen molar-refractivity contribution in [1.82, 2.24) is 9.55 Å². The van der Waals surface area contributed by atoms with Gasteiger partial charge in [0, 0.05) is 17.7 Å². The maximum absolute atomic E-state index is 13.8. The molecule has 0 spiro atoms. The molecule has 0 amide bonds. The second kappa shape index (κ2) is 6.46. The first-order valence-corrected chi connectivity index (χ1v) is 9.85. The summed E-state index contributed by atoms with van der Waals surface area (Å²) < 4.78 is 20.4. The van der Waals surface area contributed by atoms with Crippen LogP contribution < -0.4 is 10.3 Å². The molecule has 0 saturated carbocycles. The molecule has 7 heteroatoms. The third kappa shape index (κ3) is 2.85. The molecule has 4 rings (SSSR count). The number of nitrogens with zero attached hydrogens (tertiary/aromatic N) is 2. The molecular weight excluding hydrogens is 359 g/mol. The van der Waals surface area contributed by atoms with Gasteiger partial charge in [0.2, 0.25) is 0 Å². The number of ether oxygens (including phenoxy) is 1. The highest BCUT2D eigenvalue weighted by Crippen LogP contribution is 2.35. The molecule has 0 bridgehead atoms. The van der Waals surface area contributed by atoms with Crippen LogP contribution in [0.15, 0.2) is 28.2 Å². The number of hydrogen-bond acceptors (Lipinski definition) is 5. The van der Waals surface area contributed by atoms with Gasteiger partial charge in [0.1, 0.15) is 4.83 Å². The average Bonchev–Trinajstić information content (AvgIpc) is 3.17. The van der Waals surface area contributed by atoms with Crippen LogP contribution >= 0.6 is 23.1 Å². The molecule has 0 unspecified atom stereocenters. The SMILES string of the molecule is COc1ccc(CSc2nc3sc4c(c3c(=O)n2C)CCC4)cc1F. The van der Waals surface area contributed by atoms with Crippen LogP contribution in [0.5, 0.6) is 5.75 Å². The minimum atomic E-state index is -0.382. The zero-order valence-electron chi connectivity index (χ0n) is 14.0. The van der Waals surface area contributed by atoms with Gasteiger partial charge in [0.05, 0.1) is 12.5 Å². The number of rotatable bonds is 4. The van der Waals surface area contributed by atoms with Crippen LogP contribution in [0.1, 0.15) is 22.4 Å². The van der Waals surface area contributed by atoms with Gasteiger partial charge >= 0.3 is 0 Å². The van der Waals surface area contributed by atoms with E-state index < -0.39 is 0 Å². The zero-order chi connectivity index (χ0) is 17.6. The van der Waals surface area contributed by atoms with Crippen LogP contribution in [0.25, 0.3) is 10.2 Å². The van der Waals surface area contributed by atoms with Crippen LogP contribution in [-0.2, 0) is 25.6 Å². The fourth-order valence-electron chi connectivity index (χ4n) is 3.18. The third-order valence-electron chi connectivity index (χ3n) is 4.49. The van der Waals surface area contributed by atoms with Crippen molar-refractivity contribution >= 4 is 33.3 Å². The maximum Gasteiger partial charge on any atom is 0.262 e. The van der Waals surface area contributed by atoms with Gasteiger partial charge in [-0.05, 0) is 42.5 Å². The summed E-state index contributed by atoms with van der Waals surface area (Å²) in [7, 11) is 3.20. The van der Waals surface area contributed by atoms with Gasteiger partial charge in [-0.15, -0.1) is 11.3 Å². The van der Waals surface area contributed by atoms with E-state index >= 15 is 0 Å². The lowest BCUT2D eigenvalue weighted by molar-refractivity contribution is 0.386. The summed E-state index contributed by atoms with van der Waals surface area (Å²) in [6.07, 6.45) is 3.15. The van der Waals surface area contributed by atoms with Gasteiger partial charge in [-0.1, -0.05) is 17.8 Å². The molecule has 0 N–H and O–H groups in total. The highest BCUT2D eigenvalue weighted by molar-refractivity contribution is 7.98. The average molecular weight is 376 g/mol. The maximum atomic E-state index is 13.8. The second-order valence-electron chi connectivity index (χ2n) is 6.05. The van der Waals surface area contributed by atoms with Crippen molar-refractivity contribution in [1.29, 1.82) is 0 Å². The highest BCUT2D eigenvalue weighted by atomic mass is 32.2. The van der Waals surface area contributed by atoms with Crippen molar-refractivity contribution < 1.29 is 9.13 Å². The van der Waals surface area contributed by atoms with Gasteiger partial charge < -0.3 is 4.74 Å². The topological polar surface area (TPSA) is 44.1 Å². The summed E-state index contributed by atoms with van der Waals surface area (Å²) in [6, 6.07) is 4.90. The van der Waals surface area contributed by atoms with E-state index in [0.29, 0.717) is 10.9 Å². The summed E-state index contributed by atoms with van der Waals surface area (Å²) in [5.41, 5.74) is 2.04. The van der Waals surface area contributed by atoms with E-state index in [4.69, 9.17) is 9.72 Å². The van der Waals surface area contributed by atoms with Crippen LogP contribution in [0.3, 0.4) is 0 Å². The molecule has 130 valence electrons. The fourth-order valence-corrected chi connectivity index (χ4v) is 5.40. The molecule has 2 aromatic heterocycles. The number of fused-ring (bicyclic) bond motifs is 3. The lowest BCUT2D eigenvalue weighted by Gasteiger charge is -2.08. The number of thioether (sulfide) groups is 1. The van der Waals surface area contributed by atoms with Crippen LogP contribution in [0, 0.1) is 5.82 Å². The molecule has 1 aliphatic carbocycles. The minimum absolute atomic E-state index is 0.0211. The van der Waals surface area contributed by atoms with E-state index in [9.17, 15) is 9.18 Å². The van der Waals surface area contributed by atoms with E-state index in [0.717, 1.165) is 35.0 Å². The summed E-state index contributed by atoms with van der Waals surface area (Å²) in [6.45, 7) is 0. The molecule has 3 aromatic rings. The molecule has 0 atom stereocenters. The second-order valence-corrected chi connectivity index (χ2v) is 8.08. The number of benzene rings is 1. The van der Waals surface area contributed by atoms with Crippen LogP contribution in [0.2, 0.25) is 0 Å². The molecule has 1 aromatic carbocycles.